The highest BCUT2D eigenvalue weighted by Crippen LogP contribution is 2.49. The smallest absolute Gasteiger partial charge is 0.197 e. The molecule has 0 bridgehead atoms. The molecule has 1 aliphatic heterocycles. The molecule has 0 saturated heterocycles. The highest BCUT2D eigenvalue weighted by Gasteiger charge is 2.45. The first-order chi connectivity index (χ1) is 13.0. The third-order valence-electron chi connectivity index (χ3n) is 6.36. The topological polar surface area (TPSA) is 8.81 Å². The Hall–Kier alpha value is -2.35. The molecule has 0 N–H and O–H groups in total. The Labute approximate surface area is 157 Å². The second-order valence-corrected chi connectivity index (χ2v) is 7.85. The average Bonchev–Trinajstić information content (AvgIpc) is 3.35. The van der Waals surface area contributed by atoms with Crippen LogP contribution in [0, 0.1) is 26.7 Å². The number of rotatable bonds is 2. The van der Waals surface area contributed by atoms with Gasteiger partial charge in [-0.15, -0.1) is 0 Å². The molecule has 1 unspecified atom stereocenters. The number of fused-ring (bicyclic) bond motifs is 3. The summed E-state index contributed by atoms with van der Waals surface area (Å²) in [6.45, 7) is 6.57. The van der Waals surface area contributed by atoms with Gasteiger partial charge in [-0.05, 0) is 43.4 Å². The van der Waals surface area contributed by atoms with Crippen molar-refractivity contribution in [2.24, 2.45) is 5.92 Å². The van der Waals surface area contributed by atoms with Crippen LogP contribution in [0.1, 0.15) is 61.3 Å². The predicted molar refractivity (Wildman–Crippen MR) is 105 cm³/mol. The molecule has 3 aromatic rings. The van der Waals surface area contributed by atoms with Gasteiger partial charge < -0.3 is 0 Å². The largest absolute Gasteiger partial charge is 0.264 e. The van der Waals surface area contributed by atoms with Crippen molar-refractivity contribution in [3.05, 3.63) is 76.9 Å². The number of aromatic nitrogens is 2. The quantitative estimate of drug-likeness (QED) is 0.557. The number of imidazole rings is 1. The number of para-hydroxylation sites is 2. The molecule has 0 spiro atoms. The second-order valence-electron chi connectivity index (χ2n) is 7.85. The van der Waals surface area contributed by atoms with Crippen LogP contribution < -0.4 is 4.57 Å². The lowest BCUT2D eigenvalue weighted by atomic mass is 9.83. The molecule has 1 saturated carbocycles. The van der Waals surface area contributed by atoms with E-state index in [1.54, 1.807) is 0 Å². The maximum atomic E-state index is 9.77. The molecule has 0 amide bonds. The van der Waals surface area contributed by atoms with Gasteiger partial charge in [-0.1, -0.05) is 49.2 Å². The lowest BCUT2D eigenvalue weighted by molar-refractivity contribution is -0.609. The molecule has 2 nitrogen and oxygen atoms in total. The third kappa shape index (κ3) is 2.08. The zero-order valence-corrected chi connectivity index (χ0v) is 15.9. The fourth-order valence-electron chi connectivity index (χ4n) is 5.20. The van der Waals surface area contributed by atoms with Crippen LogP contribution in [-0.4, -0.2) is 4.57 Å². The maximum absolute atomic E-state index is 9.77. The monoisotopic (exact) mass is 344 g/mol. The van der Waals surface area contributed by atoms with Crippen molar-refractivity contribution >= 4 is 0 Å². The van der Waals surface area contributed by atoms with Gasteiger partial charge in [-0.3, -0.25) is 0 Å². The van der Waals surface area contributed by atoms with Crippen molar-refractivity contribution in [2.45, 2.75) is 52.3 Å². The zero-order valence-electron chi connectivity index (χ0n) is 16.9. The fraction of sp³-hybridized carbons (Fsp3) is 0.375. The van der Waals surface area contributed by atoms with E-state index in [1.165, 1.54) is 52.6 Å². The van der Waals surface area contributed by atoms with Gasteiger partial charge in [0.15, 0.2) is 5.69 Å². The van der Waals surface area contributed by atoms with Crippen molar-refractivity contribution in [1.29, 1.82) is 0 Å². The minimum atomic E-state index is -0.643. The number of nitrogens with zero attached hydrogens (tertiary/aromatic N) is 2. The first-order valence-corrected chi connectivity index (χ1v) is 9.85. The van der Waals surface area contributed by atoms with Gasteiger partial charge in [0.1, 0.15) is 17.1 Å². The number of benzene rings is 2. The minimum Gasteiger partial charge on any atom is -0.197 e. The van der Waals surface area contributed by atoms with Crippen LogP contribution in [0.4, 0.5) is 0 Å². The molecule has 132 valence electrons. The van der Waals surface area contributed by atoms with Crippen LogP contribution in [0.2, 0.25) is 0 Å². The first kappa shape index (κ1) is 14.8. The van der Waals surface area contributed by atoms with Crippen LogP contribution in [0.3, 0.4) is 0 Å². The summed E-state index contributed by atoms with van der Waals surface area (Å²) in [6, 6.07) is 17.1. The fourth-order valence-corrected chi connectivity index (χ4v) is 5.20. The van der Waals surface area contributed by atoms with Crippen molar-refractivity contribution in [2.75, 3.05) is 0 Å². The van der Waals surface area contributed by atoms with Crippen LogP contribution in [0.25, 0.3) is 11.4 Å². The normalized spacial score (nSPS) is 22.3. The molecule has 0 radical (unpaired) electrons. The summed E-state index contributed by atoms with van der Waals surface area (Å²) in [7, 11) is 0. The van der Waals surface area contributed by atoms with Crippen molar-refractivity contribution in [3.8, 4) is 11.4 Å². The SMILES string of the molecule is [2H]C1(C2CCCC2)c2ccccc2-n2c1c(C)[n+](-c1ccccc1C)c2C. The average molecular weight is 345 g/mol. The molecule has 2 aromatic carbocycles. The van der Waals surface area contributed by atoms with Crippen molar-refractivity contribution < 1.29 is 5.94 Å². The first-order valence-electron chi connectivity index (χ1n) is 10.4. The lowest BCUT2D eigenvalue weighted by Gasteiger charge is -2.17. The number of hydrogen-bond acceptors (Lipinski definition) is 0. The number of aryl methyl sites for hydroxylation is 1. The standard InChI is InChI=1S/C24H27N2/c1-16-10-4-8-14-21(16)25-17(2)24-23(19-11-5-6-12-19)20-13-7-9-15-22(20)26(24)18(25)3/h4,7-10,13-15,19,23H,5-6,11-12H2,1-3H3/q+1/i23D. The van der Waals surface area contributed by atoms with Gasteiger partial charge in [0.05, 0.1) is 5.89 Å². The van der Waals surface area contributed by atoms with E-state index in [0.29, 0.717) is 5.92 Å². The zero-order chi connectivity index (χ0) is 18.8. The van der Waals surface area contributed by atoms with Gasteiger partial charge in [-0.2, -0.15) is 9.13 Å². The Morgan fingerprint density at radius 3 is 2.42 bits per heavy atom. The van der Waals surface area contributed by atoms with E-state index in [1.807, 2.05) is 0 Å². The molecule has 1 fully saturated rings. The van der Waals surface area contributed by atoms with E-state index < -0.39 is 5.89 Å². The molecule has 2 heteroatoms. The Balaban J connectivity index is 1.84. The highest BCUT2D eigenvalue weighted by molar-refractivity contribution is 5.55. The van der Waals surface area contributed by atoms with E-state index >= 15 is 0 Å². The molecule has 2 aliphatic rings. The molecular formula is C24H27N2+. The Morgan fingerprint density at radius 1 is 0.962 bits per heavy atom. The number of hydrogen-bond donors (Lipinski definition) is 0. The van der Waals surface area contributed by atoms with E-state index in [9.17, 15) is 1.37 Å². The van der Waals surface area contributed by atoms with Gasteiger partial charge in [-0.25, -0.2) is 0 Å². The van der Waals surface area contributed by atoms with Gasteiger partial charge in [0, 0.05) is 20.8 Å². The Kier molecular flexibility index (Phi) is 3.32. The molecule has 1 aliphatic carbocycles. The Morgan fingerprint density at radius 2 is 1.65 bits per heavy atom. The van der Waals surface area contributed by atoms with Gasteiger partial charge in [0.25, 0.3) is 5.82 Å². The van der Waals surface area contributed by atoms with Gasteiger partial charge >= 0.3 is 0 Å². The Bertz CT molecular complexity index is 1040. The van der Waals surface area contributed by atoms with Crippen molar-refractivity contribution in [3.63, 3.8) is 0 Å². The summed E-state index contributed by atoms with van der Waals surface area (Å²) in [6.07, 6.45) is 4.83. The van der Waals surface area contributed by atoms with Crippen LogP contribution >= 0.6 is 0 Å². The predicted octanol–water partition coefficient (Wildman–Crippen LogP) is 5.31. The summed E-state index contributed by atoms with van der Waals surface area (Å²) in [4.78, 5) is 0. The van der Waals surface area contributed by atoms with Gasteiger partial charge in [0.2, 0.25) is 0 Å². The van der Waals surface area contributed by atoms with E-state index in [4.69, 9.17) is 0 Å². The molecule has 26 heavy (non-hydrogen) atoms. The summed E-state index contributed by atoms with van der Waals surface area (Å²) >= 11 is 0. The highest BCUT2D eigenvalue weighted by atomic mass is 15.2. The molecule has 1 atom stereocenters. The third-order valence-corrected chi connectivity index (χ3v) is 6.36. The molecule has 5 rings (SSSR count). The van der Waals surface area contributed by atoms with Crippen molar-refractivity contribution in [1.82, 2.24) is 4.57 Å². The summed E-state index contributed by atoms with van der Waals surface area (Å²) in [5.74, 6) is 0.949. The summed E-state index contributed by atoms with van der Waals surface area (Å²) < 4.78 is 14.5. The van der Waals surface area contributed by atoms with Crippen LogP contribution in [0.15, 0.2) is 48.5 Å². The van der Waals surface area contributed by atoms with E-state index in [-0.39, 0.29) is 0 Å². The molecular weight excluding hydrogens is 316 g/mol. The summed E-state index contributed by atoms with van der Waals surface area (Å²) in [5.41, 5.74) is 7.26. The van der Waals surface area contributed by atoms with Crippen LogP contribution in [0.5, 0.6) is 0 Å². The summed E-state index contributed by atoms with van der Waals surface area (Å²) in [5, 5.41) is 0. The molecule has 1 aromatic heterocycles. The minimum absolute atomic E-state index is 0.401. The second kappa shape index (κ2) is 5.84. The maximum Gasteiger partial charge on any atom is 0.264 e. The van der Waals surface area contributed by atoms with E-state index in [0.717, 1.165) is 12.8 Å². The molecule has 2 heterocycles. The van der Waals surface area contributed by atoms with E-state index in [2.05, 4.69) is 78.4 Å². The van der Waals surface area contributed by atoms with Crippen LogP contribution in [-0.2, 0) is 0 Å². The lowest BCUT2D eigenvalue weighted by Crippen LogP contribution is -2.37.